The Hall–Kier alpha value is -3.36. The van der Waals surface area contributed by atoms with Gasteiger partial charge in [0.2, 0.25) is 11.8 Å². The van der Waals surface area contributed by atoms with Crippen molar-refractivity contribution in [3.05, 3.63) is 94.0 Å². The average molecular weight is 542 g/mol. The summed E-state index contributed by atoms with van der Waals surface area (Å²) in [5.74, 6) is -0.875. The molecule has 1 N–H and O–H groups in total. The first-order valence-electron chi connectivity index (χ1n) is 11.9. The van der Waals surface area contributed by atoms with Crippen LogP contribution in [0.1, 0.15) is 29.2 Å². The number of carbonyl (C=O) groups excluding carboxylic acids is 2. The molecule has 0 aliphatic rings. The van der Waals surface area contributed by atoms with Crippen LogP contribution in [0.3, 0.4) is 0 Å². The normalized spacial score (nSPS) is 12.1. The Balaban J connectivity index is 2.07. The number of nitrogens with one attached hydrogen (secondary N) is 1. The predicted octanol–water partition coefficient (Wildman–Crippen LogP) is 4.62. The second kappa shape index (κ2) is 11.8. The van der Waals surface area contributed by atoms with Crippen LogP contribution in [0.25, 0.3) is 0 Å². The van der Waals surface area contributed by atoms with Crippen molar-refractivity contribution in [1.82, 2.24) is 10.2 Å². The van der Waals surface area contributed by atoms with E-state index < -0.39 is 28.5 Å². The van der Waals surface area contributed by atoms with E-state index >= 15 is 0 Å². The van der Waals surface area contributed by atoms with E-state index in [0.29, 0.717) is 5.02 Å². The molecular formula is C28H32ClN3O4S. The zero-order valence-electron chi connectivity index (χ0n) is 21.7. The molecule has 0 fully saturated rings. The summed E-state index contributed by atoms with van der Waals surface area (Å²) >= 11 is 6.34. The third-order valence-electron chi connectivity index (χ3n) is 6.35. The number of likely N-dealkylation sites (N-methyl/N-ethyl adjacent to an activating group) is 1. The van der Waals surface area contributed by atoms with Crippen molar-refractivity contribution in [2.75, 3.05) is 17.9 Å². The van der Waals surface area contributed by atoms with Gasteiger partial charge in [-0.1, -0.05) is 59.6 Å². The van der Waals surface area contributed by atoms with Gasteiger partial charge in [0, 0.05) is 18.6 Å². The number of nitrogens with zero attached hydrogens (tertiary/aromatic N) is 2. The van der Waals surface area contributed by atoms with Crippen LogP contribution in [0.15, 0.2) is 71.6 Å². The van der Waals surface area contributed by atoms with Crippen molar-refractivity contribution in [2.45, 2.75) is 45.2 Å². The molecule has 0 saturated carbocycles. The zero-order chi connectivity index (χ0) is 27.3. The van der Waals surface area contributed by atoms with Crippen molar-refractivity contribution in [3.63, 3.8) is 0 Å². The highest BCUT2D eigenvalue weighted by Crippen LogP contribution is 2.29. The number of sulfonamides is 1. The number of hydrogen-bond acceptors (Lipinski definition) is 4. The maximum absolute atomic E-state index is 13.8. The number of hydrogen-bond donors (Lipinski definition) is 1. The molecule has 0 saturated heterocycles. The van der Waals surface area contributed by atoms with Gasteiger partial charge in [0.1, 0.15) is 12.6 Å². The summed E-state index contributed by atoms with van der Waals surface area (Å²) in [6, 6.07) is 18.0. The highest BCUT2D eigenvalue weighted by Gasteiger charge is 2.32. The molecule has 1 atom stereocenters. The number of anilines is 1. The fourth-order valence-electron chi connectivity index (χ4n) is 3.87. The highest BCUT2D eigenvalue weighted by molar-refractivity contribution is 7.92. The Bertz CT molecular complexity index is 1390. The molecule has 0 bridgehead atoms. The Morgan fingerprint density at radius 1 is 0.946 bits per heavy atom. The molecule has 196 valence electrons. The smallest absolute Gasteiger partial charge is 0.264 e. The minimum Gasteiger partial charge on any atom is -0.357 e. The number of carbonyl (C=O) groups is 2. The molecule has 3 aromatic carbocycles. The van der Waals surface area contributed by atoms with Crippen LogP contribution >= 0.6 is 11.6 Å². The molecule has 3 rings (SSSR count). The summed E-state index contributed by atoms with van der Waals surface area (Å²) in [6.45, 7) is 6.85. The van der Waals surface area contributed by atoms with Crippen molar-refractivity contribution in [3.8, 4) is 0 Å². The topological polar surface area (TPSA) is 86.8 Å². The van der Waals surface area contributed by atoms with E-state index in [9.17, 15) is 18.0 Å². The minimum atomic E-state index is -4.13. The van der Waals surface area contributed by atoms with E-state index in [1.54, 1.807) is 31.2 Å². The van der Waals surface area contributed by atoms with Crippen LogP contribution in [0.2, 0.25) is 5.02 Å². The van der Waals surface area contributed by atoms with Crippen molar-refractivity contribution in [1.29, 1.82) is 0 Å². The van der Waals surface area contributed by atoms with Crippen molar-refractivity contribution in [2.24, 2.45) is 0 Å². The van der Waals surface area contributed by atoms with Gasteiger partial charge in [0.25, 0.3) is 10.0 Å². The first-order chi connectivity index (χ1) is 17.4. The van der Waals surface area contributed by atoms with Crippen LogP contribution in [-0.4, -0.2) is 44.8 Å². The Kier molecular flexibility index (Phi) is 8.99. The zero-order valence-corrected chi connectivity index (χ0v) is 23.2. The lowest BCUT2D eigenvalue weighted by Gasteiger charge is -2.32. The van der Waals surface area contributed by atoms with Gasteiger partial charge in [-0.25, -0.2) is 8.42 Å². The number of rotatable bonds is 9. The second-order valence-electron chi connectivity index (χ2n) is 9.00. The van der Waals surface area contributed by atoms with Crippen LogP contribution in [-0.2, 0) is 26.2 Å². The predicted molar refractivity (Wildman–Crippen MR) is 147 cm³/mol. The van der Waals surface area contributed by atoms with Crippen LogP contribution in [0.5, 0.6) is 0 Å². The van der Waals surface area contributed by atoms with E-state index in [0.717, 1.165) is 26.6 Å². The quantitative estimate of drug-likeness (QED) is 0.428. The summed E-state index contributed by atoms with van der Waals surface area (Å²) in [5.41, 5.74) is 3.76. The molecule has 3 aromatic rings. The van der Waals surface area contributed by atoms with Gasteiger partial charge in [-0.3, -0.25) is 13.9 Å². The van der Waals surface area contributed by atoms with E-state index in [1.165, 1.54) is 30.1 Å². The first-order valence-corrected chi connectivity index (χ1v) is 13.7. The van der Waals surface area contributed by atoms with E-state index in [1.807, 2.05) is 45.0 Å². The fraction of sp³-hybridized carbons (Fsp3) is 0.286. The summed E-state index contributed by atoms with van der Waals surface area (Å²) < 4.78 is 28.7. The van der Waals surface area contributed by atoms with Crippen LogP contribution in [0.4, 0.5) is 5.69 Å². The molecule has 0 radical (unpaired) electrons. The Morgan fingerprint density at radius 3 is 2.19 bits per heavy atom. The summed E-state index contributed by atoms with van der Waals surface area (Å²) in [7, 11) is -2.64. The lowest BCUT2D eigenvalue weighted by atomic mass is 10.1. The van der Waals surface area contributed by atoms with Gasteiger partial charge < -0.3 is 10.2 Å². The first kappa shape index (κ1) is 28.2. The molecule has 0 aliphatic carbocycles. The third kappa shape index (κ3) is 6.50. The van der Waals surface area contributed by atoms with Gasteiger partial charge in [0.15, 0.2) is 0 Å². The Labute approximate surface area is 224 Å². The molecule has 0 spiro atoms. The average Bonchev–Trinajstić information content (AvgIpc) is 2.87. The lowest BCUT2D eigenvalue weighted by molar-refractivity contribution is -0.139. The molecule has 2 amide bonds. The van der Waals surface area contributed by atoms with Crippen LogP contribution < -0.4 is 9.62 Å². The summed E-state index contributed by atoms with van der Waals surface area (Å²) in [4.78, 5) is 27.8. The molecule has 0 heterocycles. The standard InChI is InChI=1S/C28H32ClN3O4S/c1-19-10-14-25(15-11-19)37(35,36)32(24-13-12-21(3)26(29)16-24)18-27(33)31(22(4)28(34)30-5)17-23-9-7-6-8-20(23)2/h6-16,22H,17-18H2,1-5H3,(H,30,34). The fourth-order valence-corrected chi connectivity index (χ4v) is 5.45. The van der Waals surface area contributed by atoms with Gasteiger partial charge in [-0.05, 0) is 68.7 Å². The van der Waals surface area contributed by atoms with Crippen molar-refractivity contribution >= 4 is 39.1 Å². The number of aryl methyl sites for hydroxylation is 3. The van der Waals surface area contributed by atoms with Crippen LogP contribution in [0, 0.1) is 20.8 Å². The molecule has 7 nitrogen and oxygen atoms in total. The molecule has 0 aliphatic heterocycles. The summed E-state index contributed by atoms with van der Waals surface area (Å²) in [5, 5.41) is 2.96. The van der Waals surface area contributed by atoms with Gasteiger partial charge >= 0.3 is 0 Å². The monoisotopic (exact) mass is 541 g/mol. The lowest BCUT2D eigenvalue weighted by Crippen LogP contribution is -2.50. The van der Waals surface area contributed by atoms with E-state index in [-0.39, 0.29) is 23.0 Å². The second-order valence-corrected chi connectivity index (χ2v) is 11.3. The van der Waals surface area contributed by atoms with Crippen molar-refractivity contribution < 1.29 is 18.0 Å². The van der Waals surface area contributed by atoms with E-state index in [2.05, 4.69) is 5.32 Å². The molecule has 0 aromatic heterocycles. The number of benzene rings is 3. The number of amides is 2. The third-order valence-corrected chi connectivity index (χ3v) is 8.54. The summed E-state index contributed by atoms with van der Waals surface area (Å²) in [6.07, 6.45) is 0. The number of halogens is 1. The highest BCUT2D eigenvalue weighted by atomic mass is 35.5. The van der Waals surface area contributed by atoms with Gasteiger partial charge in [0.05, 0.1) is 10.6 Å². The molecule has 37 heavy (non-hydrogen) atoms. The molecule has 1 unspecified atom stereocenters. The van der Waals surface area contributed by atoms with Gasteiger partial charge in [-0.2, -0.15) is 0 Å². The largest absolute Gasteiger partial charge is 0.357 e. The van der Waals surface area contributed by atoms with E-state index in [4.69, 9.17) is 11.6 Å². The SMILES string of the molecule is CNC(=O)C(C)N(Cc1ccccc1C)C(=O)CN(c1ccc(C)c(Cl)c1)S(=O)(=O)c1ccc(C)cc1. The Morgan fingerprint density at radius 2 is 1.59 bits per heavy atom. The maximum atomic E-state index is 13.8. The maximum Gasteiger partial charge on any atom is 0.264 e. The molecular weight excluding hydrogens is 510 g/mol. The van der Waals surface area contributed by atoms with Gasteiger partial charge in [-0.15, -0.1) is 0 Å². The minimum absolute atomic E-state index is 0.0485. The molecule has 9 heteroatoms.